The van der Waals surface area contributed by atoms with E-state index in [1.54, 1.807) is 6.42 Å². The summed E-state index contributed by atoms with van der Waals surface area (Å²) in [6.07, 6.45) is 3.08. The molecular formula is C13H20. The first-order valence-electron chi connectivity index (χ1n) is 6.09. The van der Waals surface area contributed by atoms with Crippen LogP contribution in [0, 0.1) is 39.9 Å². The maximum atomic E-state index is 2.58. The molecule has 4 aliphatic rings. The van der Waals surface area contributed by atoms with Crippen molar-refractivity contribution in [2.75, 3.05) is 0 Å². The summed E-state index contributed by atoms with van der Waals surface area (Å²) in [5.41, 5.74) is 2.65. The molecule has 0 aromatic rings. The van der Waals surface area contributed by atoms with Gasteiger partial charge in [0.25, 0.3) is 0 Å². The summed E-state index contributed by atoms with van der Waals surface area (Å²) >= 11 is 0. The van der Waals surface area contributed by atoms with E-state index in [2.05, 4.69) is 27.7 Å². The average molecular weight is 176 g/mol. The quantitative estimate of drug-likeness (QED) is 0.605. The standard InChI is InChI=1S/C13H20/c1-5-9-10-12(9)6-13(10,12)11(4)7(2)8(11)3/h7-10H,5-6H2,1-4H3. The third kappa shape index (κ3) is 0.383. The van der Waals surface area contributed by atoms with Crippen LogP contribution in [0.1, 0.15) is 40.5 Å². The highest BCUT2D eigenvalue weighted by molar-refractivity contribution is 5.57. The van der Waals surface area contributed by atoms with E-state index in [0.29, 0.717) is 0 Å². The van der Waals surface area contributed by atoms with Crippen LogP contribution in [-0.4, -0.2) is 0 Å². The Morgan fingerprint density at radius 1 is 1.23 bits per heavy atom. The van der Waals surface area contributed by atoms with Gasteiger partial charge < -0.3 is 0 Å². The number of rotatable bonds is 2. The van der Waals surface area contributed by atoms with Crippen LogP contribution in [0.25, 0.3) is 0 Å². The van der Waals surface area contributed by atoms with Gasteiger partial charge in [-0.05, 0) is 46.3 Å². The first-order chi connectivity index (χ1) is 6.09. The van der Waals surface area contributed by atoms with Gasteiger partial charge in [-0.15, -0.1) is 0 Å². The summed E-state index contributed by atoms with van der Waals surface area (Å²) in [6, 6.07) is 0. The predicted octanol–water partition coefficient (Wildman–Crippen LogP) is 3.32. The predicted molar refractivity (Wildman–Crippen MR) is 53.2 cm³/mol. The number of fused-ring (bicyclic) bond motifs is 1. The van der Waals surface area contributed by atoms with Gasteiger partial charge in [-0.2, -0.15) is 0 Å². The zero-order valence-corrected chi connectivity index (χ0v) is 9.22. The molecule has 0 heterocycles. The summed E-state index contributed by atoms with van der Waals surface area (Å²) in [6.45, 7) is 9.92. The molecular weight excluding hydrogens is 156 g/mol. The minimum Gasteiger partial charge on any atom is -0.0651 e. The normalized spacial score (nSPS) is 81.2. The number of hydrogen-bond acceptors (Lipinski definition) is 0. The van der Waals surface area contributed by atoms with Crippen LogP contribution >= 0.6 is 0 Å². The molecule has 0 aromatic heterocycles. The van der Waals surface area contributed by atoms with Gasteiger partial charge in [0.15, 0.2) is 0 Å². The Bertz CT molecular complexity index is 310. The van der Waals surface area contributed by atoms with Crippen molar-refractivity contribution in [3.8, 4) is 0 Å². The van der Waals surface area contributed by atoms with Crippen molar-refractivity contribution in [2.24, 2.45) is 39.9 Å². The van der Waals surface area contributed by atoms with E-state index >= 15 is 0 Å². The smallest absolute Gasteiger partial charge is 0.0133 e. The maximum absolute atomic E-state index is 2.58. The Morgan fingerprint density at radius 3 is 2.15 bits per heavy atom. The van der Waals surface area contributed by atoms with E-state index in [1.165, 1.54) is 18.3 Å². The highest BCUT2D eigenvalue weighted by atomic mass is 15.1. The van der Waals surface area contributed by atoms with Crippen LogP contribution in [0.15, 0.2) is 0 Å². The third-order valence-corrected chi connectivity index (χ3v) is 7.17. The van der Waals surface area contributed by atoms with E-state index < -0.39 is 0 Å². The average Bonchev–Trinajstić information content (AvgIpc) is 3.01. The summed E-state index contributed by atoms with van der Waals surface area (Å²) < 4.78 is 0. The Balaban J connectivity index is 1.64. The van der Waals surface area contributed by atoms with Crippen molar-refractivity contribution in [2.45, 2.75) is 40.5 Å². The lowest BCUT2D eigenvalue weighted by atomic mass is 9.82. The highest BCUT2D eigenvalue weighted by Crippen LogP contribution is 3.15. The van der Waals surface area contributed by atoms with E-state index in [9.17, 15) is 0 Å². The fourth-order valence-corrected chi connectivity index (χ4v) is 5.82. The van der Waals surface area contributed by atoms with Gasteiger partial charge in [0.1, 0.15) is 0 Å². The molecule has 0 amide bonds. The van der Waals surface area contributed by atoms with Crippen LogP contribution in [0.2, 0.25) is 0 Å². The van der Waals surface area contributed by atoms with Crippen molar-refractivity contribution in [1.29, 1.82) is 0 Å². The van der Waals surface area contributed by atoms with Crippen LogP contribution in [0.4, 0.5) is 0 Å². The monoisotopic (exact) mass is 176 g/mol. The van der Waals surface area contributed by atoms with Gasteiger partial charge in [0.05, 0.1) is 0 Å². The molecule has 0 nitrogen and oxygen atoms in total. The van der Waals surface area contributed by atoms with Gasteiger partial charge in [-0.3, -0.25) is 0 Å². The molecule has 72 valence electrons. The van der Waals surface area contributed by atoms with Gasteiger partial charge in [-0.25, -0.2) is 0 Å². The van der Waals surface area contributed by atoms with Gasteiger partial charge in [0, 0.05) is 0 Å². The lowest BCUT2D eigenvalue weighted by Gasteiger charge is -2.21. The third-order valence-electron chi connectivity index (χ3n) is 7.17. The van der Waals surface area contributed by atoms with Crippen LogP contribution in [-0.2, 0) is 0 Å². The molecule has 0 heteroatoms. The highest BCUT2D eigenvalue weighted by Gasteiger charge is 3.11. The van der Waals surface area contributed by atoms with Crippen LogP contribution in [0.5, 0.6) is 0 Å². The molecule has 6 unspecified atom stereocenters. The second-order valence-corrected chi connectivity index (χ2v) is 6.54. The second kappa shape index (κ2) is 1.42. The molecule has 0 radical (unpaired) electrons. The zero-order valence-electron chi connectivity index (χ0n) is 9.22. The van der Waals surface area contributed by atoms with E-state index in [0.717, 1.165) is 28.1 Å². The van der Waals surface area contributed by atoms with Gasteiger partial charge in [-0.1, -0.05) is 34.1 Å². The van der Waals surface area contributed by atoms with Crippen molar-refractivity contribution >= 4 is 0 Å². The Morgan fingerprint density at radius 2 is 1.77 bits per heavy atom. The maximum Gasteiger partial charge on any atom is -0.0133 e. The SMILES string of the molecule is CCC1C2C13CC23C1(C)C(C)C1C. The lowest BCUT2D eigenvalue weighted by molar-refractivity contribution is 0.256. The minimum atomic E-state index is 0.781. The van der Waals surface area contributed by atoms with Crippen LogP contribution < -0.4 is 0 Å². The van der Waals surface area contributed by atoms with E-state index in [-0.39, 0.29) is 0 Å². The van der Waals surface area contributed by atoms with Gasteiger partial charge in [0.2, 0.25) is 0 Å². The molecule has 4 fully saturated rings. The molecule has 0 N–H and O–H groups in total. The molecule has 6 atom stereocenters. The molecule has 0 bridgehead atoms. The first kappa shape index (κ1) is 7.31. The molecule has 4 saturated carbocycles. The molecule has 1 spiro atoms. The first-order valence-corrected chi connectivity index (χ1v) is 6.09. The zero-order chi connectivity index (χ0) is 9.22. The molecule has 0 aromatic carbocycles. The van der Waals surface area contributed by atoms with Gasteiger partial charge >= 0.3 is 0 Å². The molecule has 0 aliphatic heterocycles. The molecule has 0 saturated heterocycles. The van der Waals surface area contributed by atoms with Crippen molar-refractivity contribution in [3.63, 3.8) is 0 Å². The Labute approximate surface area is 81.1 Å². The van der Waals surface area contributed by atoms with E-state index in [4.69, 9.17) is 0 Å². The minimum absolute atomic E-state index is 0.781. The van der Waals surface area contributed by atoms with E-state index in [1.807, 2.05) is 0 Å². The molecule has 13 heavy (non-hydrogen) atoms. The number of hydrogen-bond donors (Lipinski definition) is 0. The Hall–Kier alpha value is 0. The summed E-state index contributed by atoms with van der Waals surface area (Å²) in [4.78, 5) is 0. The molecule has 4 rings (SSSR count). The van der Waals surface area contributed by atoms with Crippen molar-refractivity contribution in [3.05, 3.63) is 0 Å². The second-order valence-electron chi connectivity index (χ2n) is 6.54. The van der Waals surface area contributed by atoms with Crippen LogP contribution in [0.3, 0.4) is 0 Å². The summed E-state index contributed by atoms with van der Waals surface area (Å²) in [7, 11) is 0. The lowest BCUT2D eigenvalue weighted by Crippen LogP contribution is -2.17. The molecule has 4 aliphatic carbocycles. The summed E-state index contributed by atoms with van der Waals surface area (Å²) in [5, 5.41) is 0. The Kier molecular flexibility index (Phi) is 0.798. The summed E-state index contributed by atoms with van der Waals surface area (Å²) in [5.74, 6) is 4.43. The van der Waals surface area contributed by atoms with Crippen molar-refractivity contribution < 1.29 is 0 Å². The largest absolute Gasteiger partial charge is 0.0651 e. The fraction of sp³-hybridized carbons (Fsp3) is 1.00. The fourth-order valence-electron chi connectivity index (χ4n) is 5.82. The topological polar surface area (TPSA) is 0 Å². The van der Waals surface area contributed by atoms with Crippen molar-refractivity contribution in [1.82, 2.24) is 0 Å².